The molecule has 4 nitrogen and oxygen atoms in total. The summed E-state index contributed by atoms with van der Waals surface area (Å²) in [7, 11) is 3.45. The number of nitrogens with two attached hydrogens (primary N) is 1. The molecule has 1 rings (SSSR count). The molecule has 0 aliphatic heterocycles. The Kier molecular flexibility index (Phi) is 3.94. The minimum absolute atomic E-state index is 0.469. The Labute approximate surface area is 83.8 Å². The quantitative estimate of drug-likeness (QED) is 0.746. The second-order valence-corrected chi connectivity index (χ2v) is 2.79. The van der Waals surface area contributed by atoms with Crippen molar-refractivity contribution in [3.63, 3.8) is 0 Å². The number of rotatable bonds is 4. The zero-order chi connectivity index (χ0) is 10.4. The van der Waals surface area contributed by atoms with E-state index >= 15 is 0 Å². The molecule has 0 spiro atoms. The minimum atomic E-state index is 0.469. The summed E-state index contributed by atoms with van der Waals surface area (Å²) in [5, 5.41) is 3.01. The molecular formula is C10H15N3O. The highest BCUT2D eigenvalue weighted by Gasteiger charge is 1.99. The highest BCUT2D eigenvalue weighted by atomic mass is 16.5. The van der Waals surface area contributed by atoms with Crippen LogP contribution in [0.5, 0.6) is 5.88 Å². The zero-order valence-corrected chi connectivity index (χ0v) is 8.45. The first-order chi connectivity index (χ1) is 6.77. The molecular weight excluding hydrogens is 178 g/mol. The fourth-order valence-corrected chi connectivity index (χ4v) is 1.02. The van der Waals surface area contributed by atoms with Gasteiger partial charge < -0.3 is 15.8 Å². The summed E-state index contributed by atoms with van der Waals surface area (Å²) in [5.41, 5.74) is 7.02. The monoisotopic (exact) mass is 193 g/mol. The predicted molar refractivity (Wildman–Crippen MR) is 58.2 cm³/mol. The largest absolute Gasteiger partial charge is 0.480 e. The molecule has 0 amide bonds. The maximum Gasteiger partial charge on any atom is 0.237 e. The van der Waals surface area contributed by atoms with Crippen LogP contribution in [-0.2, 0) is 0 Å². The molecule has 0 saturated heterocycles. The average Bonchev–Trinajstić information content (AvgIpc) is 2.21. The second kappa shape index (κ2) is 5.24. The predicted octanol–water partition coefficient (Wildman–Crippen LogP) is 0.905. The van der Waals surface area contributed by atoms with Gasteiger partial charge in [-0.15, -0.1) is 0 Å². The third kappa shape index (κ3) is 2.74. The van der Waals surface area contributed by atoms with Crippen molar-refractivity contribution in [1.82, 2.24) is 10.3 Å². The van der Waals surface area contributed by atoms with Gasteiger partial charge in [0.25, 0.3) is 0 Å². The molecule has 0 bridgehead atoms. The fourth-order valence-electron chi connectivity index (χ4n) is 1.02. The van der Waals surface area contributed by atoms with Gasteiger partial charge in [-0.05, 0) is 25.3 Å². The van der Waals surface area contributed by atoms with E-state index in [0.717, 1.165) is 12.2 Å². The molecule has 0 atom stereocenters. The van der Waals surface area contributed by atoms with E-state index in [1.165, 1.54) is 0 Å². The van der Waals surface area contributed by atoms with Crippen LogP contribution in [0, 0.1) is 0 Å². The number of nitrogens with zero attached hydrogens (tertiary/aromatic N) is 1. The number of aromatic nitrogens is 1. The Morgan fingerprint density at radius 3 is 3.00 bits per heavy atom. The molecule has 0 saturated carbocycles. The molecule has 0 fully saturated rings. The van der Waals surface area contributed by atoms with Crippen molar-refractivity contribution in [3.8, 4) is 5.88 Å². The third-order valence-corrected chi connectivity index (χ3v) is 1.72. The Morgan fingerprint density at radius 1 is 1.57 bits per heavy atom. The van der Waals surface area contributed by atoms with Gasteiger partial charge in [0.05, 0.1) is 18.5 Å². The van der Waals surface area contributed by atoms with E-state index in [-0.39, 0.29) is 0 Å². The van der Waals surface area contributed by atoms with Crippen molar-refractivity contribution in [2.24, 2.45) is 0 Å². The first-order valence-corrected chi connectivity index (χ1v) is 4.39. The van der Waals surface area contributed by atoms with Gasteiger partial charge in [-0.3, -0.25) is 0 Å². The van der Waals surface area contributed by atoms with E-state index in [1.807, 2.05) is 25.3 Å². The van der Waals surface area contributed by atoms with Crippen molar-refractivity contribution in [3.05, 3.63) is 23.9 Å². The highest BCUT2D eigenvalue weighted by molar-refractivity contribution is 5.54. The number of ether oxygens (including phenoxy) is 1. The van der Waals surface area contributed by atoms with E-state index in [0.29, 0.717) is 11.6 Å². The molecule has 76 valence electrons. The fraction of sp³-hybridized carbons (Fsp3) is 0.300. The van der Waals surface area contributed by atoms with E-state index < -0.39 is 0 Å². The van der Waals surface area contributed by atoms with Crippen LogP contribution >= 0.6 is 0 Å². The third-order valence-electron chi connectivity index (χ3n) is 1.72. The Bertz CT molecular complexity index is 323. The molecule has 1 aromatic rings. The number of anilines is 1. The molecule has 3 N–H and O–H groups in total. The number of hydrogen-bond acceptors (Lipinski definition) is 4. The summed E-state index contributed by atoms with van der Waals surface area (Å²) in [6.45, 7) is 0.814. The standard InChI is InChI=1S/C10H15N3O/c1-12-7-3-4-8-5-6-9(11)10(13-8)14-2/h3-6,12H,7,11H2,1-2H3. The maximum atomic E-state index is 5.63. The Morgan fingerprint density at radius 2 is 2.36 bits per heavy atom. The summed E-state index contributed by atoms with van der Waals surface area (Å²) in [4.78, 5) is 4.20. The molecule has 0 aliphatic rings. The molecule has 0 aliphatic carbocycles. The number of hydrogen-bond donors (Lipinski definition) is 2. The van der Waals surface area contributed by atoms with Crippen LogP contribution in [0.4, 0.5) is 5.69 Å². The van der Waals surface area contributed by atoms with Crippen LogP contribution in [-0.4, -0.2) is 25.7 Å². The topological polar surface area (TPSA) is 60.2 Å². The van der Waals surface area contributed by atoms with Gasteiger partial charge in [-0.1, -0.05) is 6.08 Å². The van der Waals surface area contributed by atoms with Crippen LogP contribution in [0.1, 0.15) is 5.69 Å². The summed E-state index contributed by atoms with van der Waals surface area (Å²) in [5.74, 6) is 0.469. The van der Waals surface area contributed by atoms with E-state index in [1.54, 1.807) is 13.2 Å². The molecule has 0 unspecified atom stereocenters. The number of nitrogen functional groups attached to an aromatic ring is 1. The van der Waals surface area contributed by atoms with Crippen LogP contribution < -0.4 is 15.8 Å². The number of pyridine rings is 1. The lowest BCUT2D eigenvalue weighted by Gasteiger charge is -2.03. The van der Waals surface area contributed by atoms with Gasteiger partial charge >= 0.3 is 0 Å². The molecule has 1 heterocycles. The minimum Gasteiger partial charge on any atom is -0.480 e. The lowest BCUT2D eigenvalue weighted by atomic mass is 10.3. The smallest absolute Gasteiger partial charge is 0.237 e. The van der Waals surface area contributed by atoms with E-state index in [4.69, 9.17) is 10.5 Å². The van der Waals surface area contributed by atoms with Crippen molar-refractivity contribution in [1.29, 1.82) is 0 Å². The lowest BCUT2D eigenvalue weighted by Crippen LogP contribution is -2.03. The van der Waals surface area contributed by atoms with Gasteiger partial charge in [0.1, 0.15) is 0 Å². The maximum absolute atomic E-state index is 5.63. The molecule has 14 heavy (non-hydrogen) atoms. The summed E-state index contributed by atoms with van der Waals surface area (Å²) in [6.07, 6.45) is 3.90. The summed E-state index contributed by atoms with van der Waals surface area (Å²) >= 11 is 0. The normalized spacial score (nSPS) is 10.7. The number of methoxy groups -OCH3 is 1. The van der Waals surface area contributed by atoms with Gasteiger partial charge in [0.2, 0.25) is 5.88 Å². The van der Waals surface area contributed by atoms with Crippen molar-refractivity contribution in [2.45, 2.75) is 0 Å². The zero-order valence-electron chi connectivity index (χ0n) is 8.45. The Hall–Kier alpha value is -1.55. The molecule has 0 radical (unpaired) electrons. The van der Waals surface area contributed by atoms with E-state index in [2.05, 4.69) is 10.3 Å². The second-order valence-electron chi connectivity index (χ2n) is 2.79. The van der Waals surface area contributed by atoms with Gasteiger partial charge in [0.15, 0.2) is 0 Å². The van der Waals surface area contributed by atoms with Gasteiger partial charge in [0, 0.05) is 6.54 Å². The lowest BCUT2D eigenvalue weighted by molar-refractivity contribution is 0.400. The number of likely N-dealkylation sites (N-methyl/N-ethyl adjacent to an activating group) is 1. The Balaban J connectivity index is 2.79. The SMILES string of the molecule is CNCC=Cc1ccc(N)c(OC)n1. The highest BCUT2D eigenvalue weighted by Crippen LogP contribution is 2.17. The molecule has 1 aromatic heterocycles. The van der Waals surface area contributed by atoms with Gasteiger partial charge in [-0.25, -0.2) is 4.98 Å². The van der Waals surface area contributed by atoms with Crippen LogP contribution in [0.2, 0.25) is 0 Å². The average molecular weight is 193 g/mol. The van der Waals surface area contributed by atoms with Crippen LogP contribution in [0.25, 0.3) is 6.08 Å². The first-order valence-electron chi connectivity index (χ1n) is 4.39. The van der Waals surface area contributed by atoms with E-state index in [9.17, 15) is 0 Å². The first kappa shape index (κ1) is 10.5. The van der Waals surface area contributed by atoms with Crippen LogP contribution in [0.3, 0.4) is 0 Å². The number of nitrogens with one attached hydrogen (secondary N) is 1. The summed E-state index contributed by atoms with van der Waals surface area (Å²) in [6, 6.07) is 3.63. The van der Waals surface area contributed by atoms with Gasteiger partial charge in [-0.2, -0.15) is 0 Å². The summed E-state index contributed by atoms with van der Waals surface area (Å²) < 4.78 is 5.01. The van der Waals surface area contributed by atoms with Crippen molar-refractivity contribution < 1.29 is 4.74 Å². The molecule has 0 aromatic carbocycles. The van der Waals surface area contributed by atoms with Crippen molar-refractivity contribution >= 4 is 11.8 Å². The molecule has 4 heteroatoms. The van der Waals surface area contributed by atoms with Crippen molar-refractivity contribution in [2.75, 3.05) is 26.4 Å². The van der Waals surface area contributed by atoms with Crippen LogP contribution in [0.15, 0.2) is 18.2 Å².